The van der Waals surface area contributed by atoms with Crippen molar-refractivity contribution in [1.29, 1.82) is 0 Å². The second-order valence-electron chi connectivity index (χ2n) is 7.12. The molecule has 0 saturated carbocycles. The Bertz CT molecular complexity index is 387. The number of anilines is 1. The maximum absolute atomic E-state index is 5.84. The molecule has 138 valence electrons. The summed E-state index contributed by atoms with van der Waals surface area (Å²) < 4.78 is 0. The third-order valence-corrected chi connectivity index (χ3v) is 5.23. The van der Waals surface area contributed by atoms with Crippen LogP contribution in [-0.2, 0) is 6.42 Å². The third kappa shape index (κ3) is 10.2. The number of unbranched alkanes of at least 4 members (excludes halogenated alkanes) is 11. The lowest BCUT2D eigenvalue weighted by atomic mass is 10.0. The molecule has 2 heteroatoms. The summed E-state index contributed by atoms with van der Waals surface area (Å²) in [5.41, 5.74) is 2.65. The maximum atomic E-state index is 5.84. The molecule has 0 heterocycles. The number of halogens is 1. The molecule has 1 rings (SSSR count). The lowest BCUT2D eigenvalue weighted by Crippen LogP contribution is -2.13. The molecule has 0 fully saturated rings. The van der Waals surface area contributed by atoms with E-state index in [1.165, 1.54) is 94.7 Å². The highest BCUT2D eigenvalue weighted by Crippen LogP contribution is 2.17. The molecule has 0 aromatic heterocycles. The fourth-order valence-electron chi connectivity index (χ4n) is 3.16. The first kappa shape index (κ1) is 21.4. The smallest absolute Gasteiger partial charge is 0.0925 e. The Morgan fingerprint density at radius 3 is 1.62 bits per heavy atom. The van der Waals surface area contributed by atoms with Gasteiger partial charge in [-0.15, -0.1) is 11.6 Å². The predicted molar refractivity (Wildman–Crippen MR) is 110 cm³/mol. The van der Waals surface area contributed by atoms with Crippen LogP contribution in [0.1, 0.15) is 89.5 Å². The molecule has 0 amide bonds. The molecule has 0 bridgehead atoms. The molecule has 0 unspecified atom stereocenters. The number of nitrogens with zero attached hydrogens (tertiary/aromatic N) is 1. The fourth-order valence-corrected chi connectivity index (χ4v) is 3.29. The van der Waals surface area contributed by atoms with Crippen LogP contribution in [0.5, 0.6) is 0 Å². The zero-order valence-corrected chi connectivity index (χ0v) is 16.8. The van der Waals surface area contributed by atoms with Crippen molar-refractivity contribution in [2.75, 3.05) is 18.0 Å². The summed E-state index contributed by atoms with van der Waals surface area (Å²) in [5.74, 6) is 0. The van der Waals surface area contributed by atoms with Crippen molar-refractivity contribution >= 4 is 17.3 Å². The molecular weight excluding hydrogens is 314 g/mol. The maximum Gasteiger partial charge on any atom is 0.0925 e. The molecule has 1 nitrogen and oxygen atoms in total. The van der Waals surface area contributed by atoms with Gasteiger partial charge in [0.25, 0.3) is 0 Å². The van der Waals surface area contributed by atoms with Gasteiger partial charge in [-0.1, -0.05) is 89.7 Å². The molecule has 0 N–H and O–H groups in total. The molecular formula is C22H38ClN. The third-order valence-electron chi connectivity index (χ3n) is 4.88. The van der Waals surface area contributed by atoms with Crippen LogP contribution in [0.15, 0.2) is 24.3 Å². The van der Waals surface area contributed by atoms with E-state index in [4.69, 9.17) is 11.6 Å². The molecule has 0 radical (unpaired) electrons. The van der Waals surface area contributed by atoms with Crippen molar-refractivity contribution in [1.82, 2.24) is 0 Å². The Kier molecular flexibility index (Phi) is 13.0. The Morgan fingerprint density at radius 2 is 1.17 bits per heavy atom. The van der Waals surface area contributed by atoms with E-state index in [-0.39, 0.29) is 0 Å². The molecule has 0 aliphatic heterocycles. The van der Waals surface area contributed by atoms with Crippen LogP contribution in [0.2, 0.25) is 0 Å². The van der Waals surface area contributed by atoms with Crippen LogP contribution >= 0.6 is 11.6 Å². The lowest BCUT2D eigenvalue weighted by molar-refractivity contribution is 0.544. The van der Waals surface area contributed by atoms with Crippen LogP contribution < -0.4 is 4.90 Å². The second-order valence-corrected chi connectivity index (χ2v) is 7.36. The van der Waals surface area contributed by atoms with Gasteiger partial charge in [0.15, 0.2) is 0 Å². The molecule has 1 aromatic carbocycles. The van der Waals surface area contributed by atoms with Gasteiger partial charge in [-0.3, -0.25) is 0 Å². The largest absolute Gasteiger partial charge is 0.361 e. The first-order valence-electron chi connectivity index (χ1n) is 10.1. The topological polar surface area (TPSA) is 3.24 Å². The average Bonchev–Trinajstić information content (AvgIpc) is 2.62. The minimum absolute atomic E-state index is 0.540. The van der Waals surface area contributed by atoms with Gasteiger partial charge >= 0.3 is 0 Å². The van der Waals surface area contributed by atoms with E-state index >= 15 is 0 Å². The molecule has 1 aromatic rings. The van der Waals surface area contributed by atoms with Gasteiger partial charge in [0.05, 0.1) is 6.00 Å². The van der Waals surface area contributed by atoms with E-state index in [1.54, 1.807) is 0 Å². The average molecular weight is 352 g/mol. The van der Waals surface area contributed by atoms with E-state index in [0.717, 1.165) is 0 Å². The van der Waals surface area contributed by atoms with Crippen molar-refractivity contribution in [2.24, 2.45) is 0 Å². The summed E-state index contributed by atoms with van der Waals surface area (Å²) in [4.78, 5) is 2.05. The number of hydrogen-bond acceptors (Lipinski definition) is 1. The van der Waals surface area contributed by atoms with Crippen molar-refractivity contribution in [3.8, 4) is 0 Å². The summed E-state index contributed by atoms with van der Waals surface area (Å²) >= 11 is 5.84. The zero-order chi connectivity index (χ0) is 17.5. The minimum atomic E-state index is 0.540. The number of alkyl halides is 1. The molecule has 0 aliphatic carbocycles. The van der Waals surface area contributed by atoms with Crippen molar-refractivity contribution in [2.45, 2.75) is 90.4 Å². The SMILES string of the molecule is CCCCCCCCCCCCCCc1ccc(N(C)CCl)cc1. The highest BCUT2D eigenvalue weighted by Gasteiger charge is 1.99. The first-order chi connectivity index (χ1) is 11.8. The molecule has 0 saturated heterocycles. The van der Waals surface area contributed by atoms with Crippen molar-refractivity contribution < 1.29 is 0 Å². The van der Waals surface area contributed by atoms with E-state index < -0.39 is 0 Å². The quantitative estimate of drug-likeness (QED) is 0.179. The highest BCUT2D eigenvalue weighted by atomic mass is 35.5. The van der Waals surface area contributed by atoms with E-state index in [1.807, 2.05) is 7.05 Å². The van der Waals surface area contributed by atoms with E-state index in [2.05, 4.69) is 36.1 Å². The van der Waals surface area contributed by atoms with Crippen LogP contribution in [0, 0.1) is 0 Å². The fraction of sp³-hybridized carbons (Fsp3) is 0.727. The van der Waals surface area contributed by atoms with Gasteiger partial charge in [-0.25, -0.2) is 0 Å². The van der Waals surface area contributed by atoms with Gasteiger partial charge in [0.1, 0.15) is 0 Å². The summed E-state index contributed by atoms with van der Waals surface area (Å²) in [6, 6.07) is 9.39. The Balaban J connectivity index is 1.93. The highest BCUT2D eigenvalue weighted by molar-refractivity contribution is 6.18. The van der Waals surface area contributed by atoms with Gasteiger partial charge in [0, 0.05) is 12.7 Å². The normalized spacial score (nSPS) is 11.0. The van der Waals surface area contributed by atoms with Crippen LogP contribution in [0.4, 0.5) is 5.69 Å². The number of rotatable bonds is 15. The van der Waals surface area contributed by atoms with Gasteiger partial charge in [-0.05, 0) is 30.5 Å². The van der Waals surface area contributed by atoms with Crippen LogP contribution in [0.3, 0.4) is 0 Å². The summed E-state index contributed by atoms with van der Waals surface area (Å²) in [5, 5.41) is 0. The summed E-state index contributed by atoms with van der Waals surface area (Å²) in [7, 11) is 2.02. The van der Waals surface area contributed by atoms with Gasteiger partial charge < -0.3 is 4.90 Å². The standard InChI is InChI=1S/C22H38ClN/c1-3-4-5-6-7-8-9-10-11-12-13-14-15-21-16-18-22(19-17-21)24(2)20-23/h16-19H,3-15,20H2,1-2H3. The summed E-state index contributed by atoms with van der Waals surface area (Å²) in [6.07, 6.45) is 18.2. The zero-order valence-electron chi connectivity index (χ0n) is 16.0. The van der Waals surface area contributed by atoms with Crippen molar-refractivity contribution in [3.63, 3.8) is 0 Å². The number of hydrogen-bond donors (Lipinski definition) is 0. The number of benzene rings is 1. The number of aryl methyl sites for hydroxylation is 1. The molecule has 0 aliphatic rings. The first-order valence-corrected chi connectivity index (χ1v) is 10.7. The second kappa shape index (κ2) is 14.6. The van der Waals surface area contributed by atoms with Gasteiger partial charge in [-0.2, -0.15) is 0 Å². The van der Waals surface area contributed by atoms with Crippen LogP contribution in [-0.4, -0.2) is 13.1 Å². The Hall–Kier alpha value is -0.690. The minimum Gasteiger partial charge on any atom is -0.361 e. The van der Waals surface area contributed by atoms with Crippen molar-refractivity contribution in [3.05, 3.63) is 29.8 Å². The van der Waals surface area contributed by atoms with E-state index in [0.29, 0.717) is 6.00 Å². The Morgan fingerprint density at radius 1 is 0.708 bits per heavy atom. The molecule has 0 spiro atoms. The molecule has 24 heavy (non-hydrogen) atoms. The monoisotopic (exact) mass is 351 g/mol. The van der Waals surface area contributed by atoms with E-state index in [9.17, 15) is 0 Å². The summed E-state index contributed by atoms with van der Waals surface area (Å²) in [6.45, 7) is 2.29. The predicted octanol–water partition coefficient (Wildman–Crippen LogP) is 7.56. The lowest BCUT2D eigenvalue weighted by Gasteiger charge is -2.15. The molecule has 0 atom stereocenters. The van der Waals surface area contributed by atoms with Crippen LogP contribution in [0.25, 0.3) is 0 Å². The van der Waals surface area contributed by atoms with Gasteiger partial charge in [0.2, 0.25) is 0 Å². The Labute approximate surface area is 155 Å².